The number of benzene rings is 1. The number of aliphatic hydroxyl groups is 2. The molecule has 3 N–H and O–H groups in total. The Bertz CT molecular complexity index is 343. The summed E-state index contributed by atoms with van der Waals surface area (Å²) in [5.74, 6) is 0.666. The van der Waals surface area contributed by atoms with Crippen LogP contribution in [-0.2, 0) is 6.54 Å². The van der Waals surface area contributed by atoms with Crippen molar-refractivity contribution >= 4 is 11.6 Å². The van der Waals surface area contributed by atoms with Crippen molar-refractivity contribution in [2.45, 2.75) is 19.5 Å². The Morgan fingerprint density at radius 2 is 2.06 bits per heavy atom. The van der Waals surface area contributed by atoms with Gasteiger partial charge in [0.05, 0.1) is 30.9 Å². The largest absolute Gasteiger partial charge is 0.492 e. The third kappa shape index (κ3) is 4.52. The molecule has 0 saturated heterocycles. The van der Waals surface area contributed by atoms with Crippen LogP contribution in [0.25, 0.3) is 0 Å². The van der Waals surface area contributed by atoms with Gasteiger partial charge in [0, 0.05) is 6.54 Å². The summed E-state index contributed by atoms with van der Waals surface area (Å²) in [5.41, 5.74) is 0.977. The first-order chi connectivity index (χ1) is 8.21. The van der Waals surface area contributed by atoms with Gasteiger partial charge in [0.15, 0.2) is 0 Å². The van der Waals surface area contributed by atoms with Crippen molar-refractivity contribution in [1.82, 2.24) is 5.32 Å². The Labute approximate surface area is 106 Å². The van der Waals surface area contributed by atoms with Crippen molar-refractivity contribution in [3.63, 3.8) is 0 Å². The maximum absolute atomic E-state index is 8.90. The molecule has 0 amide bonds. The summed E-state index contributed by atoms with van der Waals surface area (Å²) in [6.45, 7) is 2.83. The predicted octanol–water partition coefficient (Wildman–Crippen LogP) is 1.18. The van der Waals surface area contributed by atoms with Crippen molar-refractivity contribution in [2.24, 2.45) is 0 Å². The number of hydrogen-bond donors (Lipinski definition) is 3. The number of aliphatic hydroxyl groups excluding tert-OH is 2. The van der Waals surface area contributed by atoms with Crippen LogP contribution in [0, 0.1) is 0 Å². The van der Waals surface area contributed by atoms with Crippen molar-refractivity contribution in [3.05, 3.63) is 28.8 Å². The zero-order valence-electron chi connectivity index (χ0n) is 9.82. The summed E-state index contributed by atoms with van der Waals surface area (Å²) in [7, 11) is 0. The molecule has 0 heterocycles. The van der Waals surface area contributed by atoms with Crippen LogP contribution in [0.15, 0.2) is 18.2 Å². The van der Waals surface area contributed by atoms with Crippen LogP contribution in [0.3, 0.4) is 0 Å². The average Bonchev–Trinajstić information content (AvgIpc) is 2.34. The van der Waals surface area contributed by atoms with Gasteiger partial charge >= 0.3 is 0 Å². The summed E-state index contributed by atoms with van der Waals surface area (Å²) in [5, 5.41) is 21.4. The summed E-state index contributed by atoms with van der Waals surface area (Å²) in [6.07, 6.45) is 0. The lowest BCUT2D eigenvalue weighted by molar-refractivity contribution is 0.170. The van der Waals surface area contributed by atoms with Gasteiger partial charge < -0.3 is 20.3 Å². The molecular formula is C12H18ClNO3. The van der Waals surface area contributed by atoms with Crippen molar-refractivity contribution in [2.75, 3.05) is 19.8 Å². The first kappa shape index (κ1) is 14.3. The highest BCUT2D eigenvalue weighted by molar-refractivity contribution is 6.32. The lowest BCUT2D eigenvalue weighted by Crippen LogP contribution is -2.35. The first-order valence-corrected chi connectivity index (χ1v) is 5.95. The van der Waals surface area contributed by atoms with E-state index in [2.05, 4.69) is 5.32 Å². The van der Waals surface area contributed by atoms with Crippen molar-refractivity contribution in [1.29, 1.82) is 0 Å². The van der Waals surface area contributed by atoms with Gasteiger partial charge in [-0.25, -0.2) is 0 Å². The van der Waals surface area contributed by atoms with Gasteiger partial charge in [0.2, 0.25) is 0 Å². The molecule has 0 atom stereocenters. The van der Waals surface area contributed by atoms with Crippen LogP contribution in [0.2, 0.25) is 5.02 Å². The quantitative estimate of drug-likeness (QED) is 0.688. The normalized spacial score (nSPS) is 10.9. The fourth-order valence-corrected chi connectivity index (χ4v) is 1.63. The average molecular weight is 260 g/mol. The third-order valence-corrected chi connectivity index (χ3v) is 2.63. The minimum Gasteiger partial charge on any atom is -0.492 e. The fourth-order valence-electron chi connectivity index (χ4n) is 1.38. The number of nitrogens with one attached hydrogen (secondary N) is 1. The Kier molecular flexibility index (Phi) is 6.29. The van der Waals surface area contributed by atoms with Crippen molar-refractivity contribution in [3.8, 4) is 5.75 Å². The Balaban J connectivity index is 2.58. The van der Waals surface area contributed by atoms with E-state index in [0.29, 0.717) is 23.9 Å². The van der Waals surface area contributed by atoms with E-state index in [4.69, 9.17) is 26.6 Å². The monoisotopic (exact) mass is 259 g/mol. The number of hydrogen-bond acceptors (Lipinski definition) is 4. The molecule has 1 rings (SSSR count). The van der Waals surface area contributed by atoms with Crippen LogP contribution in [-0.4, -0.2) is 36.1 Å². The van der Waals surface area contributed by atoms with Gasteiger partial charge in [-0.15, -0.1) is 0 Å². The van der Waals surface area contributed by atoms with Crippen LogP contribution in [0.4, 0.5) is 0 Å². The zero-order chi connectivity index (χ0) is 12.7. The molecule has 1 aromatic carbocycles. The first-order valence-electron chi connectivity index (χ1n) is 5.57. The molecule has 0 saturated carbocycles. The van der Waals surface area contributed by atoms with Gasteiger partial charge in [-0.3, -0.25) is 0 Å². The summed E-state index contributed by atoms with van der Waals surface area (Å²) in [4.78, 5) is 0. The minimum absolute atomic E-state index is 0.0960. The minimum atomic E-state index is -0.305. The summed E-state index contributed by atoms with van der Waals surface area (Å²) >= 11 is 6.04. The second kappa shape index (κ2) is 7.50. The van der Waals surface area contributed by atoms with Gasteiger partial charge in [-0.2, -0.15) is 0 Å². The molecule has 0 radical (unpaired) electrons. The van der Waals surface area contributed by atoms with E-state index in [0.717, 1.165) is 5.56 Å². The lowest BCUT2D eigenvalue weighted by atomic mass is 10.2. The second-order valence-electron chi connectivity index (χ2n) is 3.64. The van der Waals surface area contributed by atoms with E-state index < -0.39 is 0 Å². The molecule has 5 heteroatoms. The lowest BCUT2D eigenvalue weighted by Gasteiger charge is -2.14. The molecule has 0 spiro atoms. The zero-order valence-corrected chi connectivity index (χ0v) is 10.6. The second-order valence-corrected chi connectivity index (χ2v) is 4.05. The maximum Gasteiger partial charge on any atom is 0.137 e. The van der Waals surface area contributed by atoms with Crippen LogP contribution in [0.1, 0.15) is 12.5 Å². The van der Waals surface area contributed by atoms with Gasteiger partial charge in [0.1, 0.15) is 5.75 Å². The fraction of sp³-hybridized carbons (Fsp3) is 0.500. The highest BCUT2D eigenvalue weighted by Crippen LogP contribution is 2.25. The number of rotatable bonds is 7. The summed E-state index contributed by atoms with van der Waals surface area (Å²) in [6, 6.07) is 5.22. The molecule has 0 aliphatic heterocycles. The van der Waals surface area contributed by atoms with Gasteiger partial charge in [-0.05, 0) is 24.6 Å². The highest BCUT2D eigenvalue weighted by Gasteiger charge is 2.06. The van der Waals surface area contributed by atoms with Crippen LogP contribution in [0.5, 0.6) is 5.75 Å². The number of halogens is 1. The third-order valence-electron chi connectivity index (χ3n) is 2.33. The van der Waals surface area contributed by atoms with E-state index >= 15 is 0 Å². The topological polar surface area (TPSA) is 61.7 Å². The summed E-state index contributed by atoms with van der Waals surface area (Å²) < 4.78 is 5.33. The van der Waals surface area contributed by atoms with Gasteiger partial charge in [0.25, 0.3) is 0 Å². The molecule has 0 aromatic heterocycles. The molecule has 96 valence electrons. The molecule has 0 fully saturated rings. The molecule has 17 heavy (non-hydrogen) atoms. The molecule has 4 nitrogen and oxygen atoms in total. The van der Waals surface area contributed by atoms with E-state index in [1.54, 1.807) is 0 Å². The molecule has 1 aromatic rings. The molecule has 0 aliphatic carbocycles. The van der Waals surface area contributed by atoms with E-state index in [1.807, 2.05) is 25.1 Å². The Morgan fingerprint density at radius 1 is 1.35 bits per heavy atom. The van der Waals surface area contributed by atoms with E-state index in [9.17, 15) is 0 Å². The standard InChI is InChI=1S/C12H18ClNO3/c1-2-17-12-4-3-9(5-11(12)13)6-14-10(7-15)8-16/h3-5,10,14-16H,2,6-8H2,1H3. The number of ether oxygens (including phenoxy) is 1. The van der Waals surface area contributed by atoms with Crippen molar-refractivity contribution < 1.29 is 14.9 Å². The SMILES string of the molecule is CCOc1ccc(CNC(CO)CO)cc1Cl. The smallest absolute Gasteiger partial charge is 0.137 e. The molecule has 0 aliphatic rings. The van der Waals surface area contributed by atoms with Gasteiger partial charge in [-0.1, -0.05) is 17.7 Å². The maximum atomic E-state index is 8.90. The van der Waals surface area contributed by atoms with E-state index in [1.165, 1.54) is 0 Å². The van der Waals surface area contributed by atoms with Crippen LogP contribution < -0.4 is 10.1 Å². The Morgan fingerprint density at radius 3 is 2.59 bits per heavy atom. The molecule has 0 unspecified atom stereocenters. The molecular weight excluding hydrogens is 242 g/mol. The van der Waals surface area contributed by atoms with Crippen LogP contribution >= 0.6 is 11.6 Å². The Hall–Kier alpha value is -0.810. The highest BCUT2D eigenvalue weighted by atomic mass is 35.5. The molecule has 0 bridgehead atoms. The van der Waals surface area contributed by atoms with E-state index in [-0.39, 0.29) is 19.3 Å². The predicted molar refractivity (Wildman–Crippen MR) is 67.4 cm³/mol.